The van der Waals surface area contributed by atoms with E-state index < -0.39 is 0 Å². The summed E-state index contributed by atoms with van der Waals surface area (Å²) in [7, 11) is 3.21. The Morgan fingerprint density at radius 2 is 1.82 bits per heavy atom. The quantitative estimate of drug-likeness (QED) is 0.605. The lowest BCUT2D eigenvalue weighted by Crippen LogP contribution is -2.27. The zero-order valence-electron chi connectivity index (χ0n) is 15.8. The van der Waals surface area contributed by atoms with Crippen molar-refractivity contribution in [3.05, 3.63) is 66.1 Å². The Kier molecular flexibility index (Phi) is 6.39. The minimum atomic E-state index is -0.325. The van der Waals surface area contributed by atoms with Gasteiger partial charge >= 0.3 is 0 Å². The number of carbonyl (C=O) groups is 1. The third-order valence-electron chi connectivity index (χ3n) is 4.21. The van der Waals surface area contributed by atoms with Crippen LogP contribution in [0, 0.1) is 5.82 Å². The molecule has 0 bridgehead atoms. The molecule has 1 amide bonds. The van der Waals surface area contributed by atoms with Gasteiger partial charge in [0.05, 0.1) is 18.5 Å². The molecule has 0 saturated carbocycles. The van der Waals surface area contributed by atoms with Crippen molar-refractivity contribution in [2.24, 2.45) is 0 Å². The standard InChI is InChI=1S/C21H22FN3O3/c1-27-13-3-12-23-21(26)20-14-19(15-4-6-16(22)7-5-15)24-25(20)17-8-10-18(28-2)11-9-17/h4-11,14H,3,12-13H2,1-2H3,(H,23,26). The van der Waals surface area contributed by atoms with Gasteiger partial charge in [-0.1, -0.05) is 0 Å². The largest absolute Gasteiger partial charge is 0.497 e. The Balaban J connectivity index is 1.94. The van der Waals surface area contributed by atoms with Crippen LogP contribution in [0.25, 0.3) is 16.9 Å². The van der Waals surface area contributed by atoms with Crippen molar-refractivity contribution in [3.63, 3.8) is 0 Å². The fraction of sp³-hybridized carbons (Fsp3) is 0.238. The van der Waals surface area contributed by atoms with Gasteiger partial charge in [-0.25, -0.2) is 9.07 Å². The molecule has 0 saturated heterocycles. The summed E-state index contributed by atoms with van der Waals surface area (Å²) >= 11 is 0. The summed E-state index contributed by atoms with van der Waals surface area (Å²) in [5.74, 6) is 0.141. The number of nitrogens with one attached hydrogen (secondary N) is 1. The fourth-order valence-corrected chi connectivity index (χ4v) is 2.73. The highest BCUT2D eigenvalue weighted by Gasteiger charge is 2.17. The highest BCUT2D eigenvalue weighted by molar-refractivity contribution is 5.94. The Labute approximate surface area is 162 Å². The maximum absolute atomic E-state index is 13.2. The Morgan fingerprint density at radius 1 is 1.11 bits per heavy atom. The van der Waals surface area contributed by atoms with Crippen LogP contribution in [0.2, 0.25) is 0 Å². The minimum Gasteiger partial charge on any atom is -0.497 e. The number of amides is 1. The first-order chi connectivity index (χ1) is 13.6. The first-order valence-electron chi connectivity index (χ1n) is 8.90. The topological polar surface area (TPSA) is 65.4 Å². The van der Waals surface area contributed by atoms with Gasteiger partial charge in [0, 0.05) is 25.8 Å². The molecule has 1 heterocycles. The van der Waals surface area contributed by atoms with Crippen LogP contribution in [-0.2, 0) is 4.74 Å². The van der Waals surface area contributed by atoms with Gasteiger partial charge in [-0.15, -0.1) is 0 Å². The van der Waals surface area contributed by atoms with Crippen LogP contribution in [0.1, 0.15) is 16.9 Å². The molecule has 0 atom stereocenters. The van der Waals surface area contributed by atoms with E-state index >= 15 is 0 Å². The van der Waals surface area contributed by atoms with Gasteiger partial charge in [-0.2, -0.15) is 5.10 Å². The smallest absolute Gasteiger partial charge is 0.270 e. The number of hydrogen-bond acceptors (Lipinski definition) is 4. The van der Waals surface area contributed by atoms with Gasteiger partial charge in [0.25, 0.3) is 5.91 Å². The minimum absolute atomic E-state index is 0.243. The molecule has 0 aliphatic carbocycles. The highest BCUT2D eigenvalue weighted by Crippen LogP contribution is 2.23. The van der Waals surface area contributed by atoms with E-state index in [1.54, 1.807) is 49.2 Å². The Hall–Kier alpha value is -3.19. The first kappa shape index (κ1) is 19.6. The van der Waals surface area contributed by atoms with Crippen molar-refractivity contribution in [2.75, 3.05) is 27.4 Å². The third-order valence-corrected chi connectivity index (χ3v) is 4.21. The molecule has 146 valence electrons. The number of ether oxygens (including phenoxy) is 2. The van der Waals surface area contributed by atoms with Crippen LogP contribution in [0.5, 0.6) is 5.75 Å². The van der Waals surface area contributed by atoms with Crippen molar-refractivity contribution < 1.29 is 18.7 Å². The molecule has 0 fully saturated rings. The lowest BCUT2D eigenvalue weighted by Gasteiger charge is -2.09. The third kappa shape index (κ3) is 4.55. The van der Waals surface area contributed by atoms with Crippen molar-refractivity contribution >= 4 is 5.91 Å². The van der Waals surface area contributed by atoms with E-state index in [0.717, 1.165) is 11.3 Å². The van der Waals surface area contributed by atoms with E-state index in [1.807, 2.05) is 12.1 Å². The number of carbonyl (C=O) groups excluding carboxylic acids is 1. The van der Waals surface area contributed by atoms with Crippen molar-refractivity contribution in [2.45, 2.75) is 6.42 Å². The molecule has 2 aromatic carbocycles. The molecule has 0 spiro atoms. The molecular weight excluding hydrogens is 361 g/mol. The summed E-state index contributed by atoms with van der Waals surface area (Å²) in [5.41, 5.74) is 2.41. The molecule has 0 radical (unpaired) electrons. The van der Waals surface area contributed by atoms with Crippen molar-refractivity contribution in [3.8, 4) is 22.7 Å². The zero-order chi connectivity index (χ0) is 19.9. The second-order valence-electron chi connectivity index (χ2n) is 6.13. The van der Waals surface area contributed by atoms with Crippen molar-refractivity contribution in [1.29, 1.82) is 0 Å². The maximum Gasteiger partial charge on any atom is 0.270 e. The van der Waals surface area contributed by atoms with Gasteiger partial charge in [-0.05, 0) is 61.0 Å². The monoisotopic (exact) mass is 383 g/mol. The molecule has 0 unspecified atom stereocenters. The maximum atomic E-state index is 13.2. The average molecular weight is 383 g/mol. The van der Waals surface area contributed by atoms with Gasteiger partial charge in [0.15, 0.2) is 0 Å². The predicted molar refractivity (Wildman–Crippen MR) is 104 cm³/mol. The van der Waals surface area contributed by atoms with Gasteiger partial charge in [0.1, 0.15) is 17.3 Å². The molecule has 0 aliphatic heterocycles. The normalized spacial score (nSPS) is 10.7. The summed E-state index contributed by atoms with van der Waals surface area (Å²) in [5, 5.41) is 7.45. The molecule has 0 aliphatic rings. The van der Waals surface area contributed by atoms with E-state index in [0.29, 0.717) is 36.7 Å². The van der Waals surface area contributed by atoms with E-state index in [9.17, 15) is 9.18 Å². The van der Waals surface area contributed by atoms with Gasteiger partial charge < -0.3 is 14.8 Å². The summed E-state index contributed by atoms with van der Waals surface area (Å²) < 4.78 is 25.0. The first-order valence-corrected chi connectivity index (χ1v) is 8.90. The highest BCUT2D eigenvalue weighted by atomic mass is 19.1. The van der Waals surface area contributed by atoms with Crippen LogP contribution in [0.4, 0.5) is 4.39 Å². The number of benzene rings is 2. The number of aromatic nitrogens is 2. The lowest BCUT2D eigenvalue weighted by atomic mass is 10.1. The predicted octanol–water partition coefficient (Wildman–Crippen LogP) is 3.45. The zero-order valence-corrected chi connectivity index (χ0v) is 15.8. The van der Waals surface area contributed by atoms with Crippen LogP contribution in [-0.4, -0.2) is 43.1 Å². The van der Waals surface area contributed by atoms with E-state index in [-0.39, 0.29) is 11.7 Å². The molecule has 3 rings (SSSR count). The van der Waals surface area contributed by atoms with Gasteiger partial charge in [0.2, 0.25) is 0 Å². The van der Waals surface area contributed by atoms with Crippen LogP contribution < -0.4 is 10.1 Å². The lowest BCUT2D eigenvalue weighted by molar-refractivity contribution is 0.0941. The molecule has 28 heavy (non-hydrogen) atoms. The van der Waals surface area contributed by atoms with Crippen LogP contribution in [0.15, 0.2) is 54.6 Å². The second-order valence-corrected chi connectivity index (χ2v) is 6.13. The summed E-state index contributed by atoms with van der Waals surface area (Å²) in [4.78, 5) is 12.7. The van der Waals surface area contributed by atoms with E-state index in [2.05, 4.69) is 10.4 Å². The number of nitrogens with zero attached hydrogens (tertiary/aromatic N) is 2. The fourth-order valence-electron chi connectivity index (χ4n) is 2.73. The van der Waals surface area contributed by atoms with Crippen molar-refractivity contribution in [1.82, 2.24) is 15.1 Å². The summed E-state index contributed by atoms with van der Waals surface area (Å²) in [6.45, 7) is 1.06. The van der Waals surface area contributed by atoms with Crippen LogP contribution >= 0.6 is 0 Å². The molecular formula is C21H22FN3O3. The number of rotatable bonds is 8. The molecule has 1 aromatic heterocycles. The average Bonchev–Trinajstić information content (AvgIpc) is 3.17. The van der Waals surface area contributed by atoms with Gasteiger partial charge in [-0.3, -0.25) is 4.79 Å². The Bertz CT molecular complexity index is 921. The number of hydrogen-bond donors (Lipinski definition) is 1. The van der Waals surface area contributed by atoms with E-state index in [4.69, 9.17) is 9.47 Å². The SMILES string of the molecule is COCCCNC(=O)c1cc(-c2ccc(F)cc2)nn1-c1ccc(OC)cc1. The van der Waals surface area contributed by atoms with Crippen LogP contribution in [0.3, 0.4) is 0 Å². The molecule has 3 aromatic rings. The summed E-state index contributed by atoms with van der Waals surface area (Å²) in [6, 6.07) is 14.9. The molecule has 1 N–H and O–H groups in total. The number of methoxy groups -OCH3 is 2. The molecule has 6 nitrogen and oxygen atoms in total. The molecule has 7 heteroatoms. The number of halogens is 1. The van der Waals surface area contributed by atoms with E-state index in [1.165, 1.54) is 12.1 Å². The second kappa shape index (κ2) is 9.14. The Morgan fingerprint density at radius 3 is 2.46 bits per heavy atom. The summed E-state index contributed by atoms with van der Waals surface area (Å²) in [6.07, 6.45) is 0.712.